The minimum Gasteiger partial charge on any atom is -0.480 e. The molecule has 1 aromatic carbocycles. The zero-order valence-electron chi connectivity index (χ0n) is 20.7. The molecule has 8 nitrogen and oxygen atoms in total. The molecule has 0 saturated carbocycles. The first-order valence-electron chi connectivity index (χ1n) is 12.7. The van der Waals surface area contributed by atoms with E-state index >= 15 is 0 Å². The van der Waals surface area contributed by atoms with Crippen molar-refractivity contribution >= 4 is 22.7 Å². The Labute approximate surface area is 206 Å². The largest absolute Gasteiger partial charge is 0.480 e. The van der Waals surface area contributed by atoms with Gasteiger partial charge in [0.05, 0.1) is 17.3 Å². The van der Waals surface area contributed by atoms with Crippen molar-refractivity contribution in [3.05, 3.63) is 52.8 Å². The maximum Gasteiger partial charge on any atom is 0.325 e. The van der Waals surface area contributed by atoms with E-state index in [1.54, 1.807) is 4.68 Å². The van der Waals surface area contributed by atoms with Crippen LogP contribution in [0.5, 0.6) is 0 Å². The third-order valence-electron chi connectivity index (χ3n) is 7.23. The van der Waals surface area contributed by atoms with E-state index in [1.165, 1.54) is 12.0 Å². The maximum absolute atomic E-state index is 12.2. The monoisotopic (exact) mass is 477 g/mol. The second-order valence-corrected chi connectivity index (χ2v) is 9.79. The van der Waals surface area contributed by atoms with Gasteiger partial charge >= 0.3 is 5.97 Å². The first-order chi connectivity index (χ1) is 17.0. The van der Waals surface area contributed by atoms with Crippen molar-refractivity contribution in [2.45, 2.75) is 57.6 Å². The Bertz CT molecular complexity index is 1200. The van der Waals surface area contributed by atoms with Gasteiger partial charge in [-0.05, 0) is 50.7 Å². The van der Waals surface area contributed by atoms with Crippen LogP contribution in [0.1, 0.15) is 54.2 Å². The van der Waals surface area contributed by atoms with Crippen molar-refractivity contribution in [1.29, 1.82) is 0 Å². The van der Waals surface area contributed by atoms with Crippen LogP contribution >= 0.6 is 0 Å². The smallest absolute Gasteiger partial charge is 0.325 e. The van der Waals surface area contributed by atoms with Gasteiger partial charge in [0, 0.05) is 49.9 Å². The fourth-order valence-electron chi connectivity index (χ4n) is 5.38. The van der Waals surface area contributed by atoms with Gasteiger partial charge in [-0.25, -0.2) is 4.98 Å². The number of nitrogens with zero attached hydrogens (tertiary/aromatic N) is 4. The zero-order chi connectivity index (χ0) is 24.4. The van der Waals surface area contributed by atoms with Crippen LogP contribution in [0.25, 0.3) is 10.9 Å². The van der Waals surface area contributed by atoms with Crippen LogP contribution in [0.4, 0.5) is 5.82 Å². The lowest BCUT2D eigenvalue weighted by atomic mass is 9.98. The van der Waals surface area contributed by atoms with Crippen LogP contribution in [0.3, 0.4) is 0 Å². The molecule has 4 heterocycles. The summed E-state index contributed by atoms with van der Waals surface area (Å²) in [5.41, 5.74) is 5.10. The van der Waals surface area contributed by atoms with Crippen molar-refractivity contribution in [3.63, 3.8) is 0 Å². The summed E-state index contributed by atoms with van der Waals surface area (Å²) in [6, 6.07) is 9.52. The van der Waals surface area contributed by atoms with Crippen LogP contribution < -0.4 is 5.32 Å². The van der Waals surface area contributed by atoms with E-state index in [-0.39, 0.29) is 6.10 Å². The molecule has 186 valence electrons. The molecule has 2 N–H and O–H groups in total. The summed E-state index contributed by atoms with van der Waals surface area (Å²) in [6.45, 7) is 4.96. The molecule has 2 aromatic heterocycles. The average molecular weight is 478 g/mol. The number of para-hydroxylation sites is 1. The standard InChI is InChI=1S/C27H35N5O3/c1-18-22-10-6-11-23(24(22)31(2)30-18)25(27(33)34)32-16-21(17-32)35-15-5-3-4-9-20-13-12-19-8-7-14-28-26(19)29-20/h6,10-13,21,25H,3-5,7-9,14-17H2,1-2H3,(H,28,29)(H,33,34). The second kappa shape index (κ2) is 10.3. The summed E-state index contributed by atoms with van der Waals surface area (Å²) in [4.78, 5) is 19.0. The van der Waals surface area contributed by atoms with E-state index in [2.05, 4.69) is 22.5 Å². The molecule has 1 unspecified atom stereocenters. The zero-order valence-corrected chi connectivity index (χ0v) is 20.7. The molecular weight excluding hydrogens is 442 g/mol. The van der Waals surface area contributed by atoms with Crippen molar-refractivity contribution in [2.24, 2.45) is 7.05 Å². The van der Waals surface area contributed by atoms with Gasteiger partial charge in [-0.2, -0.15) is 5.10 Å². The molecule has 35 heavy (non-hydrogen) atoms. The number of ether oxygens (including phenoxy) is 1. The number of benzene rings is 1. The number of unbranched alkanes of at least 4 members (excludes halogenated alkanes) is 2. The van der Waals surface area contributed by atoms with Crippen molar-refractivity contribution < 1.29 is 14.6 Å². The Kier molecular flexibility index (Phi) is 7.02. The number of aliphatic carboxylic acids is 1. The molecule has 3 aromatic rings. The normalized spacial score (nSPS) is 17.1. The molecular formula is C27H35N5O3. The lowest BCUT2D eigenvalue weighted by Crippen LogP contribution is -2.55. The Balaban J connectivity index is 1.06. The van der Waals surface area contributed by atoms with Crippen molar-refractivity contribution in [2.75, 3.05) is 31.6 Å². The average Bonchev–Trinajstić information content (AvgIpc) is 3.12. The lowest BCUT2D eigenvalue weighted by molar-refractivity contribution is -0.150. The number of rotatable bonds is 10. The Morgan fingerprint density at radius 1 is 1.23 bits per heavy atom. The third-order valence-corrected chi connectivity index (χ3v) is 7.23. The number of fused-ring (bicyclic) bond motifs is 2. The minimum atomic E-state index is -0.833. The first kappa shape index (κ1) is 23.8. The predicted molar refractivity (Wildman–Crippen MR) is 136 cm³/mol. The van der Waals surface area contributed by atoms with Gasteiger partial charge in [0.2, 0.25) is 0 Å². The van der Waals surface area contributed by atoms with Crippen molar-refractivity contribution in [1.82, 2.24) is 19.7 Å². The fraction of sp³-hybridized carbons (Fsp3) is 0.519. The number of hydrogen-bond acceptors (Lipinski definition) is 6. The molecule has 5 rings (SSSR count). The van der Waals surface area contributed by atoms with E-state index in [0.717, 1.165) is 72.3 Å². The van der Waals surface area contributed by atoms with Gasteiger partial charge in [0.1, 0.15) is 11.9 Å². The molecule has 1 saturated heterocycles. The molecule has 1 atom stereocenters. The predicted octanol–water partition coefficient (Wildman–Crippen LogP) is 3.87. The van der Waals surface area contributed by atoms with Crippen LogP contribution in [0.15, 0.2) is 30.3 Å². The van der Waals surface area contributed by atoms with Crippen LogP contribution in [-0.2, 0) is 29.4 Å². The number of nitrogens with one attached hydrogen (secondary N) is 1. The molecule has 0 bridgehead atoms. The molecule has 0 spiro atoms. The molecule has 2 aliphatic heterocycles. The molecule has 2 aliphatic rings. The van der Waals surface area contributed by atoms with E-state index in [9.17, 15) is 9.90 Å². The Morgan fingerprint density at radius 2 is 2.09 bits per heavy atom. The molecule has 8 heteroatoms. The van der Waals surface area contributed by atoms with Gasteiger partial charge in [0.15, 0.2) is 0 Å². The van der Waals surface area contributed by atoms with E-state index in [4.69, 9.17) is 9.72 Å². The van der Waals surface area contributed by atoms with Crippen molar-refractivity contribution in [3.8, 4) is 0 Å². The van der Waals surface area contributed by atoms with Gasteiger partial charge in [0.25, 0.3) is 0 Å². The Hall–Kier alpha value is -2.97. The van der Waals surface area contributed by atoms with Gasteiger partial charge in [-0.15, -0.1) is 0 Å². The number of aromatic nitrogens is 3. The van der Waals surface area contributed by atoms with E-state index in [0.29, 0.717) is 19.7 Å². The van der Waals surface area contributed by atoms with Crippen LogP contribution in [0.2, 0.25) is 0 Å². The number of hydrogen-bond donors (Lipinski definition) is 2. The highest BCUT2D eigenvalue weighted by molar-refractivity contribution is 5.89. The topological polar surface area (TPSA) is 92.5 Å². The van der Waals surface area contributed by atoms with E-state index in [1.807, 2.05) is 37.1 Å². The summed E-state index contributed by atoms with van der Waals surface area (Å²) in [5, 5.41) is 18.9. The Morgan fingerprint density at radius 3 is 2.91 bits per heavy atom. The van der Waals surface area contributed by atoms with Crippen LogP contribution in [-0.4, -0.2) is 63.1 Å². The second-order valence-electron chi connectivity index (χ2n) is 9.79. The number of carboxylic acids is 1. The number of likely N-dealkylation sites (tertiary alicyclic amines) is 1. The fourth-order valence-corrected chi connectivity index (χ4v) is 5.38. The summed E-state index contributed by atoms with van der Waals surface area (Å²) < 4.78 is 7.83. The minimum absolute atomic E-state index is 0.0951. The number of aryl methyl sites for hydroxylation is 4. The quantitative estimate of drug-likeness (QED) is 0.428. The highest BCUT2D eigenvalue weighted by Gasteiger charge is 2.38. The number of carboxylic acid groups (broad SMARTS) is 1. The highest BCUT2D eigenvalue weighted by atomic mass is 16.5. The summed E-state index contributed by atoms with van der Waals surface area (Å²) >= 11 is 0. The number of carbonyl (C=O) groups is 1. The van der Waals surface area contributed by atoms with Gasteiger partial charge in [-0.1, -0.05) is 30.7 Å². The molecule has 1 fully saturated rings. The third kappa shape index (κ3) is 5.04. The summed E-state index contributed by atoms with van der Waals surface area (Å²) in [5.74, 6) is 0.238. The van der Waals surface area contributed by atoms with Gasteiger partial charge in [-0.3, -0.25) is 14.4 Å². The van der Waals surface area contributed by atoms with Crippen LogP contribution in [0, 0.1) is 6.92 Å². The van der Waals surface area contributed by atoms with E-state index < -0.39 is 12.0 Å². The molecule has 0 aliphatic carbocycles. The SMILES string of the molecule is Cc1nn(C)c2c(C(C(=O)O)N3CC(OCCCCCc4ccc5c(n4)NCCC5)C3)cccc12. The summed E-state index contributed by atoms with van der Waals surface area (Å²) in [7, 11) is 1.87. The molecule has 0 amide bonds. The first-order valence-corrected chi connectivity index (χ1v) is 12.7. The number of anilines is 1. The molecule has 0 radical (unpaired) electrons. The number of pyridine rings is 1. The summed E-state index contributed by atoms with van der Waals surface area (Å²) in [6.07, 6.45) is 6.60. The van der Waals surface area contributed by atoms with Gasteiger partial charge < -0.3 is 15.2 Å². The highest BCUT2D eigenvalue weighted by Crippen LogP contribution is 2.33. The maximum atomic E-state index is 12.2. The lowest BCUT2D eigenvalue weighted by Gasteiger charge is -2.42.